The zero-order valence-electron chi connectivity index (χ0n) is 9.03. The smallest absolute Gasteiger partial charge is 0.325 e. The number of aryl methyl sites for hydroxylation is 1. The highest BCUT2D eigenvalue weighted by Crippen LogP contribution is 2.24. The molecule has 1 atom stereocenters. The molecule has 0 saturated heterocycles. The summed E-state index contributed by atoms with van der Waals surface area (Å²) >= 11 is 3.38. The summed E-state index contributed by atoms with van der Waals surface area (Å²) < 4.78 is 0.802. The fraction of sp³-hybridized carbons (Fsp3) is 0.250. The molecule has 0 aromatic heterocycles. The van der Waals surface area contributed by atoms with Crippen LogP contribution in [0.15, 0.2) is 35.3 Å². The third-order valence-corrected chi connectivity index (χ3v) is 2.87. The second-order valence-corrected chi connectivity index (χ2v) is 4.35. The Morgan fingerprint density at radius 2 is 2.38 bits per heavy atom. The second kappa shape index (κ2) is 5.82. The van der Waals surface area contributed by atoms with Gasteiger partial charge in [0.1, 0.15) is 6.04 Å². The van der Waals surface area contributed by atoms with Crippen molar-refractivity contribution in [2.24, 2.45) is 0 Å². The fourth-order valence-corrected chi connectivity index (χ4v) is 2.12. The molecule has 4 heteroatoms. The third kappa shape index (κ3) is 3.18. The van der Waals surface area contributed by atoms with E-state index >= 15 is 0 Å². The molecule has 1 unspecified atom stereocenters. The van der Waals surface area contributed by atoms with Gasteiger partial charge in [0.2, 0.25) is 0 Å². The summed E-state index contributed by atoms with van der Waals surface area (Å²) in [5.74, 6) is -0.897. The van der Waals surface area contributed by atoms with Gasteiger partial charge in [-0.15, -0.1) is 6.58 Å². The average molecular weight is 284 g/mol. The number of benzene rings is 1. The summed E-state index contributed by atoms with van der Waals surface area (Å²) in [6.07, 6.45) is 1.64. The van der Waals surface area contributed by atoms with Gasteiger partial charge in [0.15, 0.2) is 0 Å². The van der Waals surface area contributed by atoms with Gasteiger partial charge in [0.05, 0.1) is 0 Å². The molecular formula is C12H14BrNO2. The topological polar surface area (TPSA) is 49.3 Å². The van der Waals surface area contributed by atoms with Crippen LogP contribution >= 0.6 is 15.9 Å². The van der Waals surface area contributed by atoms with Crippen molar-refractivity contribution in [2.45, 2.75) is 13.0 Å². The summed E-state index contributed by atoms with van der Waals surface area (Å²) in [6, 6.07) is 4.90. The molecule has 0 radical (unpaired) electrons. The summed E-state index contributed by atoms with van der Waals surface area (Å²) in [5.41, 5.74) is 1.81. The molecule has 2 N–H and O–H groups in total. The van der Waals surface area contributed by atoms with Crippen LogP contribution in [0.5, 0.6) is 0 Å². The van der Waals surface area contributed by atoms with E-state index in [0.717, 1.165) is 15.6 Å². The maximum atomic E-state index is 11.1. The molecule has 0 aliphatic rings. The first-order valence-corrected chi connectivity index (χ1v) is 5.68. The third-order valence-electron chi connectivity index (χ3n) is 2.18. The summed E-state index contributed by atoms with van der Waals surface area (Å²) in [5, 5.41) is 12.0. The number of hydrogen-bond donors (Lipinski definition) is 2. The summed E-state index contributed by atoms with van der Waals surface area (Å²) in [7, 11) is 0. The molecular weight excluding hydrogens is 270 g/mol. The van der Waals surface area contributed by atoms with Crippen molar-refractivity contribution in [2.75, 3.05) is 6.54 Å². The molecule has 0 bridgehead atoms. The van der Waals surface area contributed by atoms with Crippen LogP contribution in [0, 0.1) is 6.92 Å². The van der Waals surface area contributed by atoms with Gasteiger partial charge in [-0.25, -0.2) is 0 Å². The Kier molecular flexibility index (Phi) is 4.71. The van der Waals surface area contributed by atoms with Gasteiger partial charge in [-0.2, -0.15) is 0 Å². The van der Waals surface area contributed by atoms with Crippen molar-refractivity contribution in [3.8, 4) is 0 Å². The number of carbonyl (C=O) groups is 1. The van der Waals surface area contributed by atoms with E-state index in [1.807, 2.05) is 25.1 Å². The predicted molar refractivity (Wildman–Crippen MR) is 67.5 cm³/mol. The Bertz CT molecular complexity index is 404. The lowest BCUT2D eigenvalue weighted by molar-refractivity contribution is -0.139. The largest absolute Gasteiger partial charge is 0.480 e. The maximum absolute atomic E-state index is 11.1. The van der Waals surface area contributed by atoms with E-state index in [4.69, 9.17) is 5.11 Å². The molecule has 0 fully saturated rings. The highest BCUT2D eigenvalue weighted by Gasteiger charge is 2.20. The highest BCUT2D eigenvalue weighted by molar-refractivity contribution is 9.10. The van der Waals surface area contributed by atoms with Crippen LogP contribution < -0.4 is 5.32 Å². The zero-order valence-corrected chi connectivity index (χ0v) is 10.6. The minimum atomic E-state index is -0.897. The maximum Gasteiger partial charge on any atom is 0.325 e. The monoisotopic (exact) mass is 283 g/mol. The molecule has 86 valence electrons. The van der Waals surface area contributed by atoms with Gasteiger partial charge in [-0.3, -0.25) is 10.1 Å². The first-order valence-electron chi connectivity index (χ1n) is 4.89. The minimum Gasteiger partial charge on any atom is -0.480 e. The van der Waals surface area contributed by atoms with E-state index < -0.39 is 12.0 Å². The van der Waals surface area contributed by atoms with Crippen molar-refractivity contribution >= 4 is 21.9 Å². The molecule has 1 rings (SSSR count). The van der Waals surface area contributed by atoms with E-state index in [9.17, 15) is 4.79 Å². The van der Waals surface area contributed by atoms with E-state index in [1.165, 1.54) is 0 Å². The molecule has 3 nitrogen and oxygen atoms in total. The number of carboxylic acid groups (broad SMARTS) is 1. The summed E-state index contributed by atoms with van der Waals surface area (Å²) in [6.45, 7) is 5.97. The Morgan fingerprint density at radius 3 is 2.88 bits per heavy atom. The number of carboxylic acids is 1. The molecule has 0 heterocycles. The second-order valence-electron chi connectivity index (χ2n) is 3.49. The van der Waals surface area contributed by atoms with Gasteiger partial charge >= 0.3 is 5.97 Å². The van der Waals surface area contributed by atoms with Gasteiger partial charge in [-0.05, 0) is 24.1 Å². The van der Waals surface area contributed by atoms with Crippen LogP contribution in [0.25, 0.3) is 0 Å². The van der Waals surface area contributed by atoms with Gasteiger partial charge in [0, 0.05) is 11.0 Å². The first kappa shape index (κ1) is 12.9. The Hall–Kier alpha value is -1.13. The minimum absolute atomic E-state index is 0.456. The Labute approximate surface area is 103 Å². The number of aliphatic carboxylic acids is 1. The Morgan fingerprint density at radius 1 is 1.69 bits per heavy atom. The molecule has 0 spiro atoms. The quantitative estimate of drug-likeness (QED) is 0.817. The van der Waals surface area contributed by atoms with Gasteiger partial charge in [-0.1, -0.05) is 34.1 Å². The number of hydrogen-bond acceptors (Lipinski definition) is 2. The molecule has 1 aromatic carbocycles. The number of rotatable bonds is 5. The molecule has 0 aliphatic heterocycles. The lowest BCUT2D eigenvalue weighted by atomic mass is 10.1. The molecule has 0 aliphatic carbocycles. The van der Waals surface area contributed by atoms with Crippen LogP contribution in [0.2, 0.25) is 0 Å². The average Bonchev–Trinajstić information content (AvgIpc) is 2.20. The number of halogens is 1. The van der Waals surface area contributed by atoms with E-state index in [1.54, 1.807) is 6.08 Å². The first-order chi connectivity index (χ1) is 7.56. The number of nitrogens with one attached hydrogen (secondary N) is 1. The molecule has 0 saturated carbocycles. The zero-order chi connectivity index (χ0) is 12.1. The van der Waals surface area contributed by atoms with Gasteiger partial charge in [0.25, 0.3) is 0 Å². The predicted octanol–water partition coefficient (Wildman–Crippen LogP) is 2.66. The normalized spacial score (nSPS) is 12.1. The van der Waals surface area contributed by atoms with Crippen LogP contribution in [0.3, 0.4) is 0 Å². The highest BCUT2D eigenvalue weighted by atomic mass is 79.9. The van der Waals surface area contributed by atoms with Crippen LogP contribution in [0.4, 0.5) is 0 Å². The van der Waals surface area contributed by atoms with E-state index in [-0.39, 0.29) is 0 Å². The van der Waals surface area contributed by atoms with Crippen molar-refractivity contribution in [1.29, 1.82) is 0 Å². The van der Waals surface area contributed by atoms with Crippen LogP contribution in [0.1, 0.15) is 17.2 Å². The van der Waals surface area contributed by atoms with E-state index in [0.29, 0.717) is 6.54 Å². The molecule has 0 amide bonds. The van der Waals surface area contributed by atoms with Crippen molar-refractivity contribution < 1.29 is 9.90 Å². The fourth-order valence-electron chi connectivity index (χ4n) is 1.40. The summed E-state index contributed by atoms with van der Waals surface area (Å²) in [4.78, 5) is 11.1. The standard InChI is InChI=1S/C12H14BrNO2/c1-3-6-14-11(12(15)16)9-5-4-8(2)7-10(9)13/h3-5,7,11,14H,1,6H2,2H3,(H,15,16). The van der Waals surface area contributed by atoms with Crippen LogP contribution in [-0.2, 0) is 4.79 Å². The lowest BCUT2D eigenvalue weighted by Crippen LogP contribution is -2.28. The van der Waals surface area contributed by atoms with Crippen molar-refractivity contribution in [1.82, 2.24) is 5.32 Å². The van der Waals surface area contributed by atoms with Crippen molar-refractivity contribution in [3.63, 3.8) is 0 Å². The van der Waals surface area contributed by atoms with E-state index in [2.05, 4.69) is 27.8 Å². The van der Waals surface area contributed by atoms with Gasteiger partial charge < -0.3 is 5.11 Å². The molecule has 16 heavy (non-hydrogen) atoms. The van der Waals surface area contributed by atoms with Crippen molar-refractivity contribution in [3.05, 3.63) is 46.5 Å². The SMILES string of the molecule is C=CCNC(C(=O)O)c1ccc(C)cc1Br. The lowest BCUT2D eigenvalue weighted by Gasteiger charge is -2.15. The Balaban J connectivity index is 3.00. The molecule has 1 aromatic rings. The van der Waals surface area contributed by atoms with Crippen LogP contribution in [-0.4, -0.2) is 17.6 Å².